The van der Waals surface area contributed by atoms with Gasteiger partial charge in [-0.3, -0.25) is 0 Å². The average Bonchev–Trinajstić information content (AvgIpc) is 2.27. The highest BCUT2D eigenvalue weighted by Crippen LogP contribution is 2.21. The first-order chi connectivity index (χ1) is 7.56. The first kappa shape index (κ1) is 13.1. The zero-order valence-corrected chi connectivity index (χ0v) is 10.4. The van der Waals surface area contributed by atoms with Crippen LogP contribution in [0.4, 0.5) is 4.39 Å². The molecule has 1 aromatic rings. The lowest BCUT2D eigenvalue weighted by Crippen LogP contribution is -2.31. The van der Waals surface area contributed by atoms with Crippen LogP contribution >= 0.6 is 15.9 Å². The van der Waals surface area contributed by atoms with Crippen molar-refractivity contribution in [1.29, 1.82) is 0 Å². The molecule has 3 nitrogen and oxygen atoms in total. The minimum Gasteiger partial charge on any atom is -0.464 e. The number of rotatable bonds is 4. The van der Waals surface area contributed by atoms with E-state index in [2.05, 4.69) is 20.7 Å². The summed E-state index contributed by atoms with van der Waals surface area (Å²) in [7, 11) is 0. The summed E-state index contributed by atoms with van der Waals surface area (Å²) in [4.78, 5) is 11.2. The van der Waals surface area contributed by atoms with Gasteiger partial charge in [-0.1, -0.05) is 28.1 Å². The lowest BCUT2D eigenvalue weighted by atomic mass is 10.0. The fraction of sp³-hybridized carbons (Fsp3) is 0.364. The Balaban J connectivity index is 2.77. The standard InChI is InChI=1S/C11H13BrFNO2/c1-2-16-11(15)9(13)10(14)7-4-3-5-8(12)6-7/h3-6,9-10H,2,14H2,1H3/t9?,10-/m1/s1. The second kappa shape index (κ2) is 5.96. The molecule has 0 saturated carbocycles. The van der Waals surface area contributed by atoms with Gasteiger partial charge in [0.1, 0.15) is 0 Å². The molecule has 0 spiro atoms. The molecule has 0 aliphatic rings. The lowest BCUT2D eigenvalue weighted by Gasteiger charge is -2.15. The molecule has 1 rings (SSSR count). The molecule has 0 amide bonds. The van der Waals surface area contributed by atoms with Crippen molar-refractivity contribution in [2.24, 2.45) is 5.73 Å². The number of nitrogens with two attached hydrogens (primary N) is 1. The van der Waals surface area contributed by atoms with E-state index in [1.807, 2.05) is 0 Å². The largest absolute Gasteiger partial charge is 0.464 e. The van der Waals surface area contributed by atoms with Gasteiger partial charge in [-0.05, 0) is 24.6 Å². The maximum atomic E-state index is 13.6. The van der Waals surface area contributed by atoms with Crippen LogP contribution in [0.2, 0.25) is 0 Å². The topological polar surface area (TPSA) is 52.3 Å². The molecule has 1 unspecified atom stereocenters. The number of carbonyl (C=O) groups excluding carboxylic acids is 1. The first-order valence-corrected chi connectivity index (χ1v) is 5.67. The second-order valence-electron chi connectivity index (χ2n) is 3.23. The van der Waals surface area contributed by atoms with Gasteiger partial charge in [0.2, 0.25) is 6.17 Å². The minimum atomic E-state index is -1.84. The summed E-state index contributed by atoms with van der Waals surface area (Å²) in [5, 5.41) is 0. The minimum absolute atomic E-state index is 0.143. The molecular weight excluding hydrogens is 277 g/mol. The fourth-order valence-electron chi connectivity index (χ4n) is 1.25. The summed E-state index contributed by atoms with van der Waals surface area (Å²) >= 11 is 3.25. The highest BCUT2D eigenvalue weighted by Gasteiger charge is 2.27. The molecule has 2 atom stereocenters. The number of alkyl halides is 1. The van der Waals surface area contributed by atoms with E-state index in [1.165, 1.54) is 0 Å². The number of esters is 1. The Hall–Kier alpha value is -0.940. The predicted octanol–water partition coefficient (Wildman–Crippen LogP) is 2.35. The molecule has 0 bridgehead atoms. The molecule has 0 heterocycles. The van der Waals surface area contributed by atoms with E-state index in [-0.39, 0.29) is 6.61 Å². The number of hydrogen-bond acceptors (Lipinski definition) is 3. The number of hydrogen-bond donors (Lipinski definition) is 1. The van der Waals surface area contributed by atoms with E-state index in [0.29, 0.717) is 5.56 Å². The van der Waals surface area contributed by atoms with Crippen LogP contribution in [-0.2, 0) is 9.53 Å². The highest BCUT2D eigenvalue weighted by molar-refractivity contribution is 9.10. The third kappa shape index (κ3) is 3.28. The summed E-state index contributed by atoms with van der Waals surface area (Å²) < 4.78 is 18.9. The Morgan fingerprint density at radius 3 is 2.88 bits per heavy atom. The van der Waals surface area contributed by atoms with Crippen molar-refractivity contribution in [2.75, 3.05) is 6.61 Å². The molecule has 88 valence electrons. The van der Waals surface area contributed by atoms with Crippen LogP contribution in [0, 0.1) is 0 Å². The zero-order valence-electron chi connectivity index (χ0n) is 8.82. The van der Waals surface area contributed by atoms with Crippen molar-refractivity contribution in [3.8, 4) is 0 Å². The van der Waals surface area contributed by atoms with Crippen LogP contribution in [0.25, 0.3) is 0 Å². The van der Waals surface area contributed by atoms with E-state index < -0.39 is 18.2 Å². The zero-order chi connectivity index (χ0) is 12.1. The van der Waals surface area contributed by atoms with E-state index in [4.69, 9.17) is 5.73 Å². The van der Waals surface area contributed by atoms with Gasteiger partial charge in [0, 0.05) is 4.47 Å². The van der Waals surface area contributed by atoms with Crippen LogP contribution in [0.3, 0.4) is 0 Å². The van der Waals surface area contributed by atoms with Crippen LogP contribution in [0.5, 0.6) is 0 Å². The van der Waals surface area contributed by atoms with Crippen LogP contribution in [0.1, 0.15) is 18.5 Å². The summed E-state index contributed by atoms with van der Waals surface area (Å²) in [6.07, 6.45) is -1.84. The molecule has 0 aliphatic carbocycles. The van der Waals surface area contributed by atoms with Crippen molar-refractivity contribution in [3.63, 3.8) is 0 Å². The Morgan fingerprint density at radius 1 is 1.62 bits per heavy atom. The summed E-state index contributed by atoms with van der Waals surface area (Å²) in [5.74, 6) is -0.921. The van der Waals surface area contributed by atoms with Crippen molar-refractivity contribution in [1.82, 2.24) is 0 Å². The highest BCUT2D eigenvalue weighted by atomic mass is 79.9. The molecule has 5 heteroatoms. The predicted molar refractivity (Wildman–Crippen MR) is 62.6 cm³/mol. The summed E-state index contributed by atoms with van der Waals surface area (Å²) in [6, 6.07) is 5.87. The normalized spacial score (nSPS) is 14.2. The monoisotopic (exact) mass is 289 g/mol. The molecule has 0 aliphatic heterocycles. The molecule has 16 heavy (non-hydrogen) atoms. The van der Waals surface area contributed by atoms with Crippen molar-refractivity contribution in [3.05, 3.63) is 34.3 Å². The van der Waals surface area contributed by atoms with Crippen LogP contribution < -0.4 is 5.73 Å². The summed E-state index contributed by atoms with van der Waals surface area (Å²) in [5.41, 5.74) is 6.19. The van der Waals surface area contributed by atoms with E-state index in [9.17, 15) is 9.18 Å². The van der Waals surface area contributed by atoms with Gasteiger partial charge in [0.25, 0.3) is 0 Å². The van der Waals surface area contributed by atoms with Gasteiger partial charge in [-0.25, -0.2) is 9.18 Å². The molecular formula is C11H13BrFNO2. The Bertz CT molecular complexity index is 373. The number of benzene rings is 1. The Labute approximate surface area is 102 Å². The van der Waals surface area contributed by atoms with Crippen molar-refractivity contribution >= 4 is 21.9 Å². The Kier molecular flexibility index (Phi) is 4.89. The molecule has 2 N–H and O–H groups in total. The van der Waals surface area contributed by atoms with Gasteiger partial charge in [-0.2, -0.15) is 0 Å². The van der Waals surface area contributed by atoms with E-state index in [1.54, 1.807) is 31.2 Å². The van der Waals surface area contributed by atoms with Gasteiger partial charge < -0.3 is 10.5 Å². The van der Waals surface area contributed by atoms with Gasteiger partial charge in [-0.15, -0.1) is 0 Å². The number of ether oxygens (including phenoxy) is 1. The third-order valence-corrected chi connectivity index (χ3v) is 2.55. The van der Waals surface area contributed by atoms with Crippen molar-refractivity contribution < 1.29 is 13.9 Å². The van der Waals surface area contributed by atoms with Crippen molar-refractivity contribution in [2.45, 2.75) is 19.1 Å². The van der Waals surface area contributed by atoms with Crippen LogP contribution in [0.15, 0.2) is 28.7 Å². The molecule has 0 fully saturated rings. The first-order valence-electron chi connectivity index (χ1n) is 4.88. The quantitative estimate of drug-likeness (QED) is 0.866. The Morgan fingerprint density at radius 2 is 2.31 bits per heavy atom. The number of carbonyl (C=O) groups is 1. The second-order valence-corrected chi connectivity index (χ2v) is 4.15. The molecule has 0 radical (unpaired) electrons. The van der Waals surface area contributed by atoms with Gasteiger partial charge in [0.15, 0.2) is 0 Å². The average molecular weight is 290 g/mol. The van der Waals surface area contributed by atoms with E-state index >= 15 is 0 Å². The maximum Gasteiger partial charge on any atom is 0.342 e. The smallest absolute Gasteiger partial charge is 0.342 e. The van der Waals surface area contributed by atoms with Crippen LogP contribution in [-0.4, -0.2) is 18.7 Å². The van der Waals surface area contributed by atoms with Gasteiger partial charge in [0.05, 0.1) is 12.6 Å². The summed E-state index contributed by atoms with van der Waals surface area (Å²) in [6.45, 7) is 1.76. The van der Waals surface area contributed by atoms with Gasteiger partial charge >= 0.3 is 5.97 Å². The fourth-order valence-corrected chi connectivity index (χ4v) is 1.67. The molecule has 1 aromatic carbocycles. The molecule has 0 aromatic heterocycles. The van der Waals surface area contributed by atoms with E-state index in [0.717, 1.165) is 4.47 Å². The number of halogens is 2. The third-order valence-electron chi connectivity index (χ3n) is 2.06. The SMILES string of the molecule is CCOC(=O)C(F)[C@H](N)c1cccc(Br)c1. The maximum absolute atomic E-state index is 13.6. The molecule has 0 saturated heterocycles. The lowest BCUT2D eigenvalue weighted by molar-refractivity contribution is -0.149.